The number of carbonyl (C=O) groups excluding carboxylic acids is 2. The van der Waals surface area contributed by atoms with Crippen LogP contribution in [0.4, 0.5) is 20.7 Å². The Hall–Kier alpha value is -3.81. The number of hydrogen-bond acceptors (Lipinski definition) is 4. The quantitative estimate of drug-likeness (QED) is 0.683. The molecular weight excluding hydrogens is 385 g/mol. The normalized spacial score (nSPS) is 13.6. The first-order chi connectivity index (χ1) is 14.6. The van der Waals surface area contributed by atoms with Crippen molar-refractivity contribution in [2.24, 2.45) is 0 Å². The number of aromatic nitrogens is 2. The number of halogens is 1. The van der Waals surface area contributed by atoms with E-state index in [1.165, 1.54) is 18.3 Å². The van der Waals surface area contributed by atoms with Crippen molar-refractivity contribution in [2.45, 2.75) is 13.0 Å². The Morgan fingerprint density at radius 2 is 1.87 bits per heavy atom. The lowest BCUT2D eigenvalue weighted by Gasteiger charge is -2.18. The molecule has 0 saturated carbocycles. The van der Waals surface area contributed by atoms with Crippen molar-refractivity contribution in [2.75, 3.05) is 23.3 Å². The summed E-state index contributed by atoms with van der Waals surface area (Å²) >= 11 is 0. The maximum absolute atomic E-state index is 13.1. The van der Waals surface area contributed by atoms with Crippen LogP contribution in [-0.2, 0) is 17.8 Å². The summed E-state index contributed by atoms with van der Waals surface area (Å²) in [6.45, 7) is 1.49. The van der Waals surface area contributed by atoms with Crippen LogP contribution in [0.3, 0.4) is 0 Å². The van der Waals surface area contributed by atoms with Gasteiger partial charge in [-0.05, 0) is 41.5 Å². The minimum absolute atomic E-state index is 0.153. The van der Waals surface area contributed by atoms with Crippen molar-refractivity contribution >= 4 is 23.4 Å². The summed E-state index contributed by atoms with van der Waals surface area (Å²) in [6.07, 6.45) is 5.06. The van der Waals surface area contributed by atoms with Gasteiger partial charge in [0.1, 0.15) is 11.6 Å². The zero-order chi connectivity index (χ0) is 20.9. The fourth-order valence-electron chi connectivity index (χ4n) is 3.27. The Morgan fingerprint density at radius 1 is 1.03 bits per heavy atom. The van der Waals surface area contributed by atoms with Gasteiger partial charge < -0.3 is 10.2 Å². The molecule has 3 amide bonds. The second kappa shape index (κ2) is 8.69. The van der Waals surface area contributed by atoms with Crippen molar-refractivity contribution in [3.05, 3.63) is 84.1 Å². The number of hydrogen-bond donors (Lipinski definition) is 1. The lowest BCUT2D eigenvalue weighted by atomic mass is 10.2. The topological polar surface area (TPSA) is 78.4 Å². The largest absolute Gasteiger partial charge is 0.326 e. The van der Waals surface area contributed by atoms with Gasteiger partial charge in [-0.1, -0.05) is 18.2 Å². The van der Waals surface area contributed by atoms with Gasteiger partial charge >= 0.3 is 6.03 Å². The number of carbonyl (C=O) groups is 2. The van der Waals surface area contributed by atoms with Gasteiger partial charge in [0.15, 0.2) is 0 Å². The van der Waals surface area contributed by atoms with Crippen LogP contribution in [0.2, 0.25) is 0 Å². The molecule has 7 nitrogen and oxygen atoms in total. The summed E-state index contributed by atoms with van der Waals surface area (Å²) in [7, 11) is 0. The first-order valence-corrected chi connectivity index (χ1v) is 9.54. The maximum atomic E-state index is 13.1. The molecule has 1 saturated heterocycles. The van der Waals surface area contributed by atoms with E-state index in [9.17, 15) is 14.0 Å². The molecule has 1 N–H and O–H groups in total. The number of nitrogens with one attached hydrogen (secondary N) is 1. The third kappa shape index (κ3) is 4.60. The zero-order valence-corrected chi connectivity index (χ0v) is 16.2. The minimum Gasteiger partial charge on any atom is -0.324 e. The summed E-state index contributed by atoms with van der Waals surface area (Å²) in [4.78, 5) is 36.5. The van der Waals surface area contributed by atoms with E-state index in [1.807, 2.05) is 6.07 Å². The minimum atomic E-state index is -0.301. The lowest BCUT2D eigenvalue weighted by Crippen LogP contribution is -2.31. The Balaban J connectivity index is 1.35. The Morgan fingerprint density at radius 3 is 2.57 bits per heavy atom. The van der Waals surface area contributed by atoms with Crippen LogP contribution >= 0.6 is 0 Å². The molecule has 1 aromatic carbocycles. The molecule has 1 aliphatic rings. The molecular formula is C22H20FN5O2. The SMILES string of the molecule is O=C(Cc1cccnc1)Nc1ccc(N2CCN(Cc3ccc(F)cc3)C2=O)nc1. The highest BCUT2D eigenvalue weighted by Gasteiger charge is 2.30. The van der Waals surface area contributed by atoms with Crippen LogP contribution in [0.5, 0.6) is 0 Å². The average molecular weight is 405 g/mol. The molecule has 152 valence electrons. The third-order valence-electron chi connectivity index (χ3n) is 4.78. The predicted molar refractivity (Wildman–Crippen MR) is 110 cm³/mol. The van der Waals surface area contributed by atoms with Crippen LogP contribution in [0.1, 0.15) is 11.1 Å². The standard InChI is InChI=1S/C22H20FN5O2/c23-18-5-3-16(4-6-18)15-27-10-11-28(22(27)30)20-8-7-19(14-25-20)26-21(29)12-17-2-1-9-24-13-17/h1-9,13-14H,10-12,15H2,(H,26,29). The molecule has 8 heteroatoms. The number of nitrogens with zero attached hydrogens (tertiary/aromatic N) is 4. The summed E-state index contributed by atoms with van der Waals surface area (Å²) in [6, 6.07) is 13.0. The van der Waals surface area contributed by atoms with Crippen LogP contribution in [0.25, 0.3) is 0 Å². The van der Waals surface area contributed by atoms with Gasteiger partial charge in [-0.3, -0.25) is 14.7 Å². The molecule has 0 radical (unpaired) electrons. The average Bonchev–Trinajstić information content (AvgIpc) is 3.11. The number of rotatable bonds is 6. The first kappa shape index (κ1) is 19.5. The van der Waals surface area contributed by atoms with E-state index in [0.717, 1.165) is 11.1 Å². The summed E-state index contributed by atoms with van der Waals surface area (Å²) in [5.74, 6) is 0.0528. The van der Waals surface area contributed by atoms with Gasteiger partial charge in [0, 0.05) is 32.0 Å². The van der Waals surface area contributed by atoms with E-state index in [0.29, 0.717) is 31.1 Å². The highest BCUT2D eigenvalue weighted by molar-refractivity contribution is 5.94. The third-order valence-corrected chi connectivity index (χ3v) is 4.78. The zero-order valence-electron chi connectivity index (χ0n) is 16.2. The molecule has 30 heavy (non-hydrogen) atoms. The molecule has 0 aliphatic carbocycles. The van der Waals surface area contributed by atoms with Crippen LogP contribution < -0.4 is 10.2 Å². The van der Waals surface area contributed by atoms with Crippen LogP contribution in [0.15, 0.2) is 67.1 Å². The molecule has 0 unspecified atom stereocenters. The molecule has 3 heterocycles. The predicted octanol–water partition coefficient (Wildman–Crippen LogP) is 3.24. The number of amides is 3. The molecule has 2 aromatic heterocycles. The molecule has 1 aliphatic heterocycles. The van der Waals surface area contributed by atoms with E-state index in [1.54, 1.807) is 52.5 Å². The summed E-state index contributed by atoms with van der Waals surface area (Å²) < 4.78 is 13.1. The van der Waals surface area contributed by atoms with Crippen molar-refractivity contribution in [3.8, 4) is 0 Å². The molecule has 1 fully saturated rings. The molecule has 0 bridgehead atoms. The van der Waals surface area contributed by atoms with Crippen LogP contribution in [0, 0.1) is 5.82 Å². The fraction of sp³-hybridized carbons (Fsp3) is 0.182. The van der Waals surface area contributed by atoms with Gasteiger partial charge in [0.2, 0.25) is 5.91 Å². The van der Waals surface area contributed by atoms with Crippen LogP contribution in [-0.4, -0.2) is 39.9 Å². The Bertz CT molecular complexity index is 1030. The Labute approximate surface area is 173 Å². The van der Waals surface area contributed by atoms with Crippen molar-refractivity contribution in [3.63, 3.8) is 0 Å². The van der Waals surface area contributed by atoms with Gasteiger partial charge in [-0.2, -0.15) is 0 Å². The highest BCUT2D eigenvalue weighted by Crippen LogP contribution is 2.21. The van der Waals surface area contributed by atoms with Crippen molar-refractivity contribution in [1.82, 2.24) is 14.9 Å². The number of pyridine rings is 2. The van der Waals surface area contributed by atoms with Gasteiger partial charge in [-0.25, -0.2) is 14.2 Å². The molecule has 0 atom stereocenters. The van der Waals surface area contributed by atoms with Crippen molar-refractivity contribution < 1.29 is 14.0 Å². The van der Waals surface area contributed by atoms with Gasteiger partial charge in [0.05, 0.1) is 18.3 Å². The molecule has 4 rings (SSSR count). The monoisotopic (exact) mass is 405 g/mol. The number of urea groups is 1. The van der Waals surface area contributed by atoms with Gasteiger partial charge in [-0.15, -0.1) is 0 Å². The highest BCUT2D eigenvalue weighted by atomic mass is 19.1. The number of anilines is 2. The smallest absolute Gasteiger partial charge is 0.324 e. The second-order valence-corrected chi connectivity index (χ2v) is 6.97. The van der Waals surface area contributed by atoms with E-state index in [4.69, 9.17) is 0 Å². The number of benzene rings is 1. The van der Waals surface area contributed by atoms with E-state index < -0.39 is 0 Å². The second-order valence-electron chi connectivity index (χ2n) is 6.97. The maximum Gasteiger partial charge on any atom is 0.326 e. The van der Waals surface area contributed by atoms with E-state index in [-0.39, 0.29) is 24.2 Å². The molecule has 0 spiro atoms. The molecule has 3 aromatic rings. The lowest BCUT2D eigenvalue weighted by molar-refractivity contribution is -0.115. The van der Waals surface area contributed by atoms with E-state index >= 15 is 0 Å². The van der Waals surface area contributed by atoms with Gasteiger partial charge in [0.25, 0.3) is 0 Å². The fourth-order valence-corrected chi connectivity index (χ4v) is 3.27. The first-order valence-electron chi connectivity index (χ1n) is 9.54. The van der Waals surface area contributed by atoms with Crippen molar-refractivity contribution in [1.29, 1.82) is 0 Å². The Kier molecular flexibility index (Phi) is 5.65. The summed E-state index contributed by atoms with van der Waals surface area (Å²) in [5, 5.41) is 2.79. The van der Waals surface area contributed by atoms with E-state index in [2.05, 4.69) is 15.3 Å². The summed E-state index contributed by atoms with van der Waals surface area (Å²) in [5.41, 5.74) is 2.25.